The molecule has 82 valence electrons. The fraction of sp³-hybridized carbons (Fsp3) is 0.917. The second-order valence-corrected chi connectivity index (χ2v) is 4.19. The Morgan fingerprint density at radius 1 is 1.14 bits per heavy atom. The number of hydrogen-bond acceptors (Lipinski definition) is 2. The van der Waals surface area contributed by atoms with Gasteiger partial charge in [-0.15, -0.1) is 0 Å². The quantitative estimate of drug-likeness (QED) is 0.463. The molecule has 0 aromatic carbocycles. The summed E-state index contributed by atoms with van der Waals surface area (Å²) in [6, 6.07) is 0. The molecule has 2 heteroatoms. The Morgan fingerprint density at radius 2 is 1.86 bits per heavy atom. The second kappa shape index (κ2) is 6.05. The highest BCUT2D eigenvalue weighted by Gasteiger charge is 2.39. The molecule has 1 aliphatic heterocycles. The lowest BCUT2D eigenvalue weighted by Crippen LogP contribution is -2.44. The summed E-state index contributed by atoms with van der Waals surface area (Å²) >= 11 is 0. The molecular weight excluding hydrogens is 176 g/mol. The Bertz CT molecular complexity index is 177. The second-order valence-electron chi connectivity index (χ2n) is 4.19. The number of cyclic esters (lactones) is 1. The largest absolute Gasteiger partial charge is 0.461 e. The van der Waals surface area contributed by atoms with Crippen molar-refractivity contribution in [3.05, 3.63) is 0 Å². The van der Waals surface area contributed by atoms with Crippen LogP contribution >= 0.6 is 0 Å². The summed E-state index contributed by atoms with van der Waals surface area (Å²) in [6.07, 6.45) is 8.72. The van der Waals surface area contributed by atoms with Crippen LogP contribution in [0, 0.1) is 5.92 Å². The molecule has 1 fully saturated rings. The molecule has 2 atom stereocenters. The van der Waals surface area contributed by atoms with Crippen LogP contribution in [0.3, 0.4) is 0 Å². The molecule has 0 saturated carbocycles. The molecule has 1 heterocycles. The molecule has 0 radical (unpaired) electrons. The molecule has 1 aliphatic rings. The number of carbonyl (C=O) groups is 1. The van der Waals surface area contributed by atoms with Gasteiger partial charge in [-0.3, -0.25) is 4.79 Å². The van der Waals surface area contributed by atoms with Crippen molar-refractivity contribution in [2.24, 2.45) is 5.92 Å². The minimum absolute atomic E-state index is 0.0195. The summed E-state index contributed by atoms with van der Waals surface area (Å²) < 4.78 is 5.11. The van der Waals surface area contributed by atoms with E-state index in [1.54, 1.807) is 0 Å². The number of carbonyl (C=O) groups excluding carboxylic acids is 1. The molecule has 0 amide bonds. The van der Waals surface area contributed by atoms with E-state index in [-0.39, 0.29) is 18.0 Å². The first-order chi connectivity index (χ1) is 6.79. The Balaban J connectivity index is 2.00. The van der Waals surface area contributed by atoms with Crippen molar-refractivity contribution in [2.75, 3.05) is 0 Å². The summed E-state index contributed by atoms with van der Waals surface area (Å²) in [5.41, 5.74) is 0. The monoisotopic (exact) mass is 198 g/mol. The van der Waals surface area contributed by atoms with E-state index in [1.807, 2.05) is 0 Å². The van der Waals surface area contributed by atoms with Crippen molar-refractivity contribution in [1.29, 1.82) is 0 Å². The predicted molar refractivity (Wildman–Crippen MR) is 57.0 cm³/mol. The van der Waals surface area contributed by atoms with E-state index in [4.69, 9.17) is 4.74 Å². The predicted octanol–water partition coefficient (Wildman–Crippen LogP) is 3.30. The molecule has 1 rings (SSSR count). The van der Waals surface area contributed by atoms with Crippen LogP contribution in [0.1, 0.15) is 58.8 Å². The highest BCUT2D eigenvalue weighted by molar-refractivity contribution is 5.78. The molecule has 0 aliphatic carbocycles. The summed E-state index contributed by atoms with van der Waals surface area (Å²) in [4.78, 5) is 11.0. The molecular formula is C12H22O2. The Morgan fingerprint density at radius 3 is 2.43 bits per heavy atom. The van der Waals surface area contributed by atoms with Gasteiger partial charge in [0.05, 0.1) is 5.92 Å². The van der Waals surface area contributed by atoms with Crippen LogP contribution < -0.4 is 0 Å². The van der Waals surface area contributed by atoms with Crippen LogP contribution in [0.4, 0.5) is 0 Å². The summed E-state index contributed by atoms with van der Waals surface area (Å²) in [5.74, 6) is 0.229. The molecule has 0 N–H and O–H groups in total. The standard InChI is InChI=1S/C12H22O2/c1-3-5-6-7-8-9-11-10(4-2)12(13)14-11/h10-11H,3-9H2,1-2H3/t10-,11-/m0/s1. The first kappa shape index (κ1) is 11.5. The van der Waals surface area contributed by atoms with Crippen molar-refractivity contribution in [1.82, 2.24) is 0 Å². The lowest BCUT2D eigenvalue weighted by atomic mass is 9.90. The van der Waals surface area contributed by atoms with E-state index in [2.05, 4.69) is 13.8 Å². The van der Waals surface area contributed by atoms with Crippen molar-refractivity contribution < 1.29 is 9.53 Å². The smallest absolute Gasteiger partial charge is 0.312 e. The van der Waals surface area contributed by atoms with Crippen LogP contribution in [0.15, 0.2) is 0 Å². The SMILES string of the molecule is CCCCCCC[C@@H]1OC(=O)[C@H]1CC. The van der Waals surface area contributed by atoms with E-state index in [1.165, 1.54) is 32.1 Å². The zero-order chi connectivity index (χ0) is 10.4. The molecule has 0 aromatic heterocycles. The molecule has 14 heavy (non-hydrogen) atoms. The molecule has 2 nitrogen and oxygen atoms in total. The summed E-state index contributed by atoms with van der Waals surface area (Å²) in [6.45, 7) is 4.29. The average Bonchev–Trinajstić information content (AvgIpc) is 2.16. The van der Waals surface area contributed by atoms with Gasteiger partial charge in [-0.1, -0.05) is 39.5 Å². The first-order valence-corrected chi connectivity index (χ1v) is 6.00. The van der Waals surface area contributed by atoms with Gasteiger partial charge in [0, 0.05) is 0 Å². The van der Waals surface area contributed by atoms with Gasteiger partial charge in [-0.2, -0.15) is 0 Å². The Hall–Kier alpha value is -0.530. The lowest BCUT2D eigenvalue weighted by molar-refractivity contribution is -0.185. The Labute approximate surface area is 87.0 Å². The van der Waals surface area contributed by atoms with Crippen molar-refractivity contribution in [3.63, 3.8) is 0 Å². The Kier molecular flexibility index (Phi) is 4.99. The van der Waals surface area contributed by atoms with E-state index in [0.29, 0.717) is 0 Å². The minimum Gasteiger partial charge on any atom is -0.461 e. The lowest BCUT2D eigenvalue weighted by Gasteiger charge is -2.34. The van der Waals surface area contributed by atoms with Gasteiger partial charge < -0.3 is 4.74 Å². The van der Waals surface area contributed by atoms with Crippen LogP contribution in [0.2, 0.25) is 0 Å². The molecule has 1 saturated heterocycles. The van der Waals surface area contributed by atoms with Crippen LogP contribution in [0.25, 0.3) is 0 Å². The van der Waals surface area contributed by atoms with Crippen molar-refractivity contribution in [2.45, 2.75) is 64.9 Å². The first-order valence-electron chi connectivity index (χ1n) is 6.00. The number of esters is 1. The van der Waals surface area contributed by atoms with E-state index < -0.39 is 0 Å². The van der Waals surface area contributed by atoms with Crippen LogP contribution in [-0.4, -0.2) is 12.1 Å². The number of unbranched alkanes of at least 4 members (excludes halogenated alkanes) is 4. The van der Waals surface area contributed by atoms with Gasteiger partial charge in [0.1, 0.15) is 6.10 Å². The van der Waals surface area contributed by atoms with Gasteiger partial charge in [0.15, 0.2) is 0 Å². The third-order valence-corrected chi connectivity index (χ3v) is 3.05. The molecule has 0 aromatic rings. The molecule has 0 unspecified atom stereocenters. The molecule has 0 spiro atoms. The number of rotatable bonds is 7. The average molecular weight is 198 g/mol. The zero-order valence-corrected chi connectivity index (χ0v) is 9.42. The third-order valence-electron chi connectivity index (χ3n) is 3.05. The summed E-state index contributed by atoms with van der Waals surface area (Å²) in [7, 11) is 0. The van der Waals surface area contributed by atoms with Crippen LogP contribution in [-0.2, 0) is 9.53 Å². The van der Waals surface area contributed by atoms with Crippen LogP contribution in [0.5, 0.6) is 0 Å². The zero-order valence-electron chi connectivity index (χ0n) is 9.42. The van der Waals surface area contributed by atoms with Gasteiger partial charge in [0.25, 0.3) is 0 Å². The van der Waals surface area contributed by atoms with Gasteiger partial charge in [-0.05, 0) is 19.3 Å². The maximum absolute atomic E-state index is 11.0. The number of hydrogen-bond donors (Lipinski definition) is 0. The molecule has 0 bridgehead atoms. The van der Waals surface area contributed by atoms with Gasteiger partial charge in [0.2, 0.25) is 0 Å². The van der Waals surface area contributed by atoms with Crippen molar-refractivity contribution >= 4 is 5.97 Å². The van der Waals surface area contributed by atoms with Gasteiger partial charge >= 0.3 is 5.97 Å². The van der Waals surface area contributed by atoms with E-state index >= 15 is 0 Å². The highest BCUT2D eigenvalue weighted by Crippen LogP contribution is 2.29. The minimum atomic E-state index is 0.0195. The normalized spacial score (nSPS) is 25.7. The fourth-order valence-electron chi connectivity index (χ4n) is 2.04. The van der Waals surface area contributed by atoms with Crippen molar-refractivity contribution in [3.8, 4) is 0 Å². The summed E-state index contributed by atoms with van der Waals surface area (Å²) in [5, 5.41) is 0. The highest BCUT2D eigenvalue weighted by atomic mass is 16.6. The van der Waals surface area contributed by atoms with E-state index in [9.17, 15) is 4.79 Å². The third kappa shape index (κ3) is 3.00. The topological polar surface area (TPSA) is 26.3 Å². The maximum atomic E-state index is 11.0. The fourth-order valence-corrected chi connectivity index (χ4v) is 2.04. The van der Waals surface area contributed by atoms with E-state index in [0.717, 1.165) is 12.8 Å². The maximum Gasteiger partial charge on any atom is 0.312 e. The van der Waals surface area contributed by atoms with Gasteiger partial charge in [-0.25, -0.2) is 0 Å². The number of ether oxygens (including phenoxy) is 1.